The quantitative estimate of drug-likeness (QED) is 0.866. The Bertz CT molecular complexity index is 817. The minimum Gasteiger partial charge on any atom is -0.332 e. The van der Waals surface area contributed by atoms with E-state index in [2.05, 4.69) is 5.10 Å². The van der Waals surface area contributed by atoms with Crippen LogP contribution in [0.2, 0.25) is 0 Å². The van der Waals surface area contributed by atoms with Crippen LogP contribution in [0.4, 0.5) is 4.39 Å². The van der Waals surface area contributed by atoms with Gasteiger partial charge in [-0.05, 0) is 45.9 Å². The van der Waals surface area contributed by atoms with E-state index in [1.165, 1.54) is 12.1 Å². The van der Waals surface area contributed by atoms with Crippen molar-refractivity contribution in [2.45, 2.75) is 40.3 Å². The fourth-order valence-electron chi connectivity index (χ4n) is 2.65. The number of nitriles is 1. The molecule has 0 aliphatic heterocycles. The molecular formula is C18H21FN4O. The van der Waals surface area contributed by atoms with Gasteiger partial charge in [-0.1, -0.05) is 0 Å². The molecule has 1 amide bonds. The normalized spacial score (nSPS) is 10.8. The molecule has 0 saturated carbocycles. The van der Waals surface area contributed by atoms with Crippen molar-refractivity contribution in [1.82, 2.24) is 14.7 Å². The summed E-state index contributed by atoms with van der Waals surface area (Å²) in [7, 11) is 1.86. The monoisotopic (exact) mass is 328 g/mol. The summed E-state index contributed by atoms with van der Waals surface area (Å²) < 4.78 is 15.4. The lowest BCUT2D eigenvalue weighted by atomic mass is 10.1. The molecule has 0 fully saturated rings. The molecule has 0 aliphatic carbocycles. The Morgan fingerprint density at radius 3 is 2.54 bits per heavy atom. The Morgan fingerprint density at radius 1 is 1.38 bits per heavy atom. The van der Waals surface area contributed by atoms with Crippen molar-refractivity contribution in [3.8, 4) is 6.07 Å². The van der Waals surface area contributed by atoms with E-state index in [0.717, 1.165) is 23.0 Å². The summed E-state index contributed by atoms with van der Waals surface area (Å²) in [5.41, 5.74) is 3.15. The van der Waals surface area contributed by atoms with Crippen LogP contribution in [0.25, 0.3) is 0 Å². The maximum Gasteiger partial charge on any atom is 0.254 e. The number of benzene rings is 1. The number of aryl methyl sites for hydroxylation is 2. The molecule has 0 radical (unpaired) electrons. The fourth-order valence-corrected chi connectivity index (χ4v) is 2.65. The van der Waals surface area contributed by atoms with Crippen molar-refractivity contribution in [2.24, 2.45) is 7.05 Å². The molecule has 0 N–H and O–H groups in total. The number of carbonyl (C=O) groups is 1. The maximum atomic E-state index is 13.7. The average molecular weight is 328 g/mol. The third-order valence-electron chi connectivity index (χ3n) is 4.15. The first-order chi connectivity index (χ1) is 11.2. The number of carbonyl (C=O) groups excluding carboxylic acids is 1. The Morgan fingerprint density at radius 2 is 2.04 bits per heavy atom. The molecule has 0 atom stereocenters. The number of hydrogen-bond acceptors (Lipinski definition) is 3. The molecule has 0 unspecified atom stereocenters. The summed E-state index contributed by atoms with van der Waals surface area (Å²) in [5, 5.41) is 13.3. The molecule has 126 valence electrons. The predicted octanol–water partition coefficient (Wildman–Crippen LogP) is 3.10. The average Bonchev–Trinajstić information content (AvgIpc) is 2.76. The van der Waals surface area contributed by atoms with Crippen LogP contribution in [0.15, 0.2) is 18.2 Å². The largest absolute Gasteiger partial charge is 0.332 e. The van der Waals surface area contributed by atoms with Crippen LogP contribution >= 0.6 is 0 Å². The van der Waals surface area contributed by atoms with Crippen molar-refractivity contribution in [3.05, 3.63) is 52.1 Å². The first kappa shape index (κ1) is 17.7. The van der Waals surface area contributed by atoms with Gasteiger partial charge < -0.3 is 4.90 Å². The molecular weight excluding hydrogens is 307 g/mol. The molecule has 1 heterocycles. The van der Waals surface area contributed by atoms with Crippen LogP contribution in [0.3, 0.4) is 0 Å². The van der Waals surface area contributed by atoms with Crippen molar-refractivity contribution in [1.29, 1.82) is 5.26 Å². The second kappa shape index (κ2) is 6.83. The number of aromatic nitrogens is 2. The van der Waals surface area contributed by atoms with Gasteiger partial charge in [0.25, 0.3) is 5.91 Å². The molecule has 0 bridgehead atoms. The SMILES string of the molecule is Cc1nn(C)c(C)c1CN(C(=O)c1cc(F)cc(C#N)c1)C(C)C. The first-order valence-electron chi connectivity index (χ1n) is 7.75. The van der Waals surface area contributed by atoms with Gasteiger partial charge in [0.1, 0.15) is 5.82 Å². The van der Waals surface area contributed by atoms with Crippen LogP contribution in [-0.4, -0.2) is 26.6 Å². The highest BCUT2D eigenvalue weighted by molar-refractivity contribution is 5.94. The van der Waals surface area contributed by atoms with E-state index >= 15 is 0 Å². The lowest BCUT2D eigenvalue weighted by Gasteiger charge is -2.27. The molecule has 0 saturated heterocycles. The van der Waals surface area contributed by atoms with Crippen molar-refractivity contribution >= 4 is 5.91 Å². The lowest BCUT2D eigenvalue weighted by Crippen LogP contribution is -2.36. The zero-order valence-electron chi connectivity index (χ0n) is 14.6. The van der Waals surface area contributed by atoms with Crippen LogP contribution in [0.5, 0.6) is 0 Å². The Kier molecular flexibility index (Phi) is 5.03. The van der Waals surface area contributed by atoms with Gasteiger partial charge in [-0.3, -0.25) is 9.48 Å². The van der Waals surface area contributed by atoms with E-state index in [0.29, 0.717) is 6.54 Å². The van der Waals surface area contributed by atoms with Gasteiger partial charge in [-0.25, -0.2) is 4.39 Å². The van der Waals surface area contributed by atoms with Crippen molar-refractivity contribution < 1.29 is 9.18 Å². The lowest BCUT2D eigenvalue weighted by molar-refractivity contribution is 0.0689. The first-order valence-corrected chi connectivity index (χ1v) is 7.75. The smallest absolute Gasteiger partial charge is 0.254 e. The molecule has 0 spiro atoms. The summed E-state index contributed by atoms with van der Waals surface area (Å²) in [4.78, 5) is 14.5. The van der Waals surface area contributed by atoms with Gasteiger partial charge in [0, 0.05) is 36.5 Å². The Balaban J connectivity index is 2.39. The highest BCUT2D eigenvalue weighted by Crippen LogP contribution is 2.19. The van der Waals surface area contributed by atoms with Crippen LogP contribution in [0, 0.1) is 31.0 Å². The highest BCUT2D eigenvalue weighted by Gasteiger charge is 2.23. The van der Waals surface area contributed by atoms with E-state index in [-0.39, 0.29) is 23.1 Å². The predicted molar refractivity (Wildman–Crippen MR) is 88.8 cm³/mol. The second-order valence-electron chi connectivity index (χ2n) is 6.14. The zero-order chi connectivity index (χ0) is 18.0. The van der Waals surface area contributed by atoms with Crippen LogP contribution in [-0.2, 0) is 13.6 Å². The third-order valence-corrected chi connectivity index (χ3v) is 4.15. The highest BCUT2D eigenvalue weighted by atomic mass is 19.1. The number of rotatable bonds is 4. The van der Waals surface area contributed by atoms with Gasteiger partial charge in [0.15, 0.2) is 0 Å². The van der Waals surface area contributed by atoms with Gasteiger partial charge in [-0.2, -0.15) is 10.4 Å². The Labute approximate surface area is 141 Å². The Hall–Kier alpha value is -2.68. The molecule has 1 aromatic heterocycles. The van der Waals surface area contributed by atoms with E-state index in [4.69, 9.17) is 5.26 Å². The minimum atomic E-state index is -0.588. The van der Waals surface area contributed by atoms with Gasteiger partial charge in [0.2, 0.25) is 0 Å². The number of hydrogen-bond donors (Lipinski definition) is 0. The topological polar surface area (TPSA) is 61.9 Å². The summed E-state index contributed by atoms with van der Waals surface area (Å²) in [6.07, 6.45) is 0. The fraction of sp³-hybridized carbons (Fsp3) is 0.389. The van der Waals surface area contributed by atoms with Crippen molar-refractivity contribution in [3.63, 3.8) is 0 Å². The van der Waals surface area contributed by atoms with Crippen LogP contribution in [0.1, 0.15) is 46.7 Å². The molecule has 1 aromatic carbocycles. The maximum absolute atomic E-state index is 13.7. The molecule has 2 aromatic rings. The van der Waals surface area contributed by atoms with E-state index < -0.39 is 5.82 Å². The molecule has 2 rings (SSSR count). The summed E-state index contributed by atoms with van der Waals surface area (Å²) in [5.74, 6) is -0.890. The van der Waals surface area contributed by atoms with Gasteiger partial charge >= 0.3 is 0 Å². The van der Waals surface area contributed by atoms with Gasteiger partial charge in [0.05, 0.1) is 17.3 Å². The summed E-state index contributed by atoms with van der Waals surface area (Å²) in [6, 6.07) is 5.51. The summed E-state index contributed by atoms with van der Waals surface area (Å²) in [6.45, 7) is 8.06. The van der Waals surface area contributed by atoms with E-state index in [1.54, 1.807) is 9.58 Å². The number of amides is 1. The molecule has 24 heavy (non-hydrogen) atoms. The zero-order valence-corrected chi connectivity index (χ0v) is 14.6. The minimum absolute atomic E-state index is 0.0784. The molecule has 6 heteroatoms. The number of nitrogens with zero attached hydrogens (tertiary/aromatic N) is 4. The number of halogens is 1. The standard InChI is InChI=1S/C18H21FN4O/c1-11(2)23(10-17-12(3)21-22(5)13(17)4)18(24)15-6-14(9-20)7-16(19)8-15/h6-8,11H,10H2,1-5H3. The van der Waals surface area contributed by atoms with Crippen LogP contribution < -0.4 is 0 Å². The van der Waals surface area contributed by atoms with E-state index in [1.807, 2.05) is 40.8 Å². The third kappa shape index (κ3) is 3.46. The summed E-state index contributed by atoms with van der Waals surface area (Å²) >= 11 is 0. The molecule has 5 nitrogen and oxygen atoms in total. The second-order valence-corrected chi connectivity index (χ2v) is 6.14. The van der Waals surface area contributed by atoms with E-state index in [9.17, 15) is 9.18 Å². The van der Waals surface area contributed by atoms with Crippen molar-refractivity contribution in [2.75, 3.05) is 0 Å². The molecule has 0 aliphatic rings. The van der Waals surface area contributed by atoms with Gasteiger partial charge in [-0.15, -0.1) is 0 Å².